The van der Waals surface area contributed by atoms with Crippen LogP contribution < -0.4 is 5.73 Å². The number of allylic oxidation sites excluding steroid dienone is 2. The molecule has 0 aromatic heterocycles. The van der Waals surface area contributed by atoms with E-state index in [0.29, 0.717) is 11.4 Å². The first-order valence-corrected chi connectivity index (χ1v) is 12.8. The molecular weight excluding hydrogens is 462 g/mol. The zero-order valence-electron chi connectivity index (χ0n) is 20.9. The van der Waals surface area contributed by atoms with Crippen LogP contribution in [0.5, 0.6) is 0 Å². The maximum Gasteiger partial charge on any atom is 0.248 e. The van der Waals surface area contributed by atoms with Gasteiger partial charge in [0.15, 0.2) is 5.78 Å². The minimum absolute atomic E-state index is 0.00724. The average Bonchev–Trinajstić information content (AvgIpc) is 3.29. The number of amides is 1. The van der Waals surface area contributed by atoms with Crippen LogP contribution in [0, 0.1) is 24.7 Å². The average molecular weight is 496 g/mol. The Kier molecular flexibility index (Phi) is 6.19. The lowest BCUT2D eigenvalue weighted by Crippen LogP contribution is -2.49. The molecule has 1 aromatic carbocycles. The summed E-state index contributed by atoms with van der Waals surface area (Å²) >= 11 is 6.82. The number of hydrogen-bond acceptors (Lipinski definition) is 5. The van der Waals surface area contributed by atoms with Gasteiger partial charge in [0.25, 0.3) is 0 Å². The lowest BCUT2D eigenvalue weighted by atomic mass is 9.59. The van der Waals surface area contributed by atoms with Gasteiger partial charge in [-0.3, -0.25) is 19.4 Å². The van der Waals surface area contributed by atoms with Gasteiger partial charge >= 0.3 is 0 Å². The number of rotatable bonds is 4. The molecule has 35 heavy (non-hydrogen) atoms. The zero-order chi connectivity index (χ0) is 25.2. The maximum absolute atomic E-state index is 14.1. The van der Waals surface area contributed by atoms with Crippen molar-refractivity contribution in [3.63, 3.8) is 0 Å². The van der Waals surface area contributed by atoms with E-state index in [1.807, 2.05) is 38.9 Å². The summed E-state index contributed by atoms with van der Waals surface area (Å²) in [5.41, 5.74) is 11.7. The van der Waals surface area contributed by atoms with Crippen molar-refractivity contribution in [2.75, 3.05) is 27.2 Å². The summed E-state index contributed by atoms with van der Waals surface area (Å²) in [4.78, 5) is 30.5. The highest BCUT2D eigenvalue weighted by Crippen LogP contribution is 2.52. The Balaban J connectivity index is 1.58. The Morgan fingerprint density at radius 3 is 2.54 bits per heavy atom. The molecule has 1 heterocycles. The number of halogens is 1. The highest BCUT2D eigenvalue weighted by Gasteiger charge is 2.49. The van der Waals surface area contributed by atoms with Crippen molar-refractivity contribution < 1.29 is 14.7 Å². The fourth-order valence-corrected chi connectivity index (χ4v) is 7.32. The quantitative estimate of drug-likeness (QED) is 0.617. The van der Waals surface area contributed by atoms with Crippen LogP contribution in [0.25, 0.3) is 0 Å². The summed E-state index contributed by atoms with van der Waals surface area (Å²) in [6.07, 6.45) is 6.18. The summed E-state index contributed by atoms with van der Waals surface area (Å²) in [6.45, 7) is 6.66. The molecule has 0 fully saturated rings. The number of benzene rings is 1. The molecule has 0 saturated carbocycles. The van der Waals surface area contributed by atoms with Gasteiger partial charge in [-0.25, -0.2) is 0 Å². The fraction of sp³-hybridized carbons (Fsp3) is 0.500. The Labute approximate surface area is 212 Å². The van der Waals surface area contributed by atoms with Crippen molar-refractivity contribution in [2.24, 2.45) is 23.5 Å². The second kappa shape index (κ2) is 8.91. The lowest BCUT2D eigenvalue weighted by Gasteiger charge is -2.48. The number of hydrogen-bond donors (Lipinski definition) is 2. The Bertz CT molecular complexity index is 1200. The van der Waals surface area contributed by atoms with Gasteiger partial charge in [-0.05, 0) is 87.7 Å². The molecule has 7 heteroatoms. The van der Waals surface area contributed by atoms with Gasteiger partial charge in [0.2, 0.25) is 5.91 Å². The van der Waals surface area contributed by atoms with Crippen LogP contribution in [-0.2, 0) is 17.8 Å². The minimum atomic E-state index is -0.586. The Hall–Kier alpha value is -2.41. The molecule has 0 radical (unpaired) electrons. The molecular formula is C28H34ClN3O3. The molecule has 3 unspecified atom stereocenters. The summed E-state index contributed by atoms with van der Waals surface area (Å²) in [7, 11) is 3.82. The summed E-state index contributed by atoms with van der Waals surface area (Å²) in [5, 5.41) is 11.6. The molecule has 0 saturated heterocycles. The third kappa shape index (κ3) is 3.87. The monoisotopic (exact) mass is 495 g/mol. The molecule has 1 aliphatic heterocycles. The molecule has 1 amide bonds. The van der Waals surface area contributed by atoms with E-state index in [4.69, 9.17) is 17.3 Å². The van der Waals surface area contributed by atoms with Crippen LogP contribution in [0.3, 0.4) is 0 Å². The van der Waals surface area contributed by atoms with Crippen LogP contribution in [0.15, 0.2) is 40.7 Å². The second-order valence-corrected chi connectivity index (χ2v) is 11.2. The van der Waals surface area contributed by atoms with Gasteiger partial charge < -0.3 is 10.8 Å². The molecule has 5 rings (SSSR count). The van der Waals surface area contributed by atoms with Crippen LogP contribution in [0.1, 0.15) is 46.8 Å². The van der Waals surface area contributed by atoms with E-state index in [9.17, 15) is 14.7 Å². The van der Waals surface area contributed by atoms with E-state index in [2.05, 4.69) is 17.1 Å². The largest absolute Gasteiger partial charge is 0.510 e. The van der Waals surface area contributed by atoms with Crippen LogP contribution in [0.2, 0.25) is 5.02 Å². The minimum Gasteiger partial charge on any atom is -0.510 e. The van der Waals surface area contributed by atoms with E-state index >= 15 is 0 Å². The second-order valence-electron chi connectivity index (χ2n) is 10.8. The summed E-state index contributed by atoms with van der Waals surface area (Å²) < 4.78 is 0. The van der Waals surface area contributed by atoms with Crippen LogP contribution in [0.4, 0.5) is 0 Å². The van der Waals surface area contributed by atoms with E-state index in [0.717, 1.165) is 65.9 Å². The number of carbonyl (C=O) groups excluding carboxylic acids is 2. The molecule has 4 atom stereocenters. The molecule has 0 bridgehead atoms. The van der Waals surface area contributed by atoms with Crippen LogP contribution >= 0.6 is 11.6 Å². The number of nitrogens with zero attached hydrogens (tertiary/aromatic N) is 2. The number of nitrogens with two attached hydrogens (primary N) is 1. The molecule has 186 valence electrons. The van der Waals surface area contributed by atoms with Gasteiger partial charge in [0.1, 0.15) is 5.76 Å². The number of carbonyl (C=O) groups is 2. The van der Waals surface area contributed by atoms with Crippen molar-refractivity contribution in [2.45, 2.75) is 45.7 Å². The maximum atomic E-state index is 14.1. The molecule has 0 spiro atoms. The first-order chi connectivity index (χ1) is 16.6. The lowest BCUT2D eigenvalue weighted by molar-refractivity contribution is -0.115. The number of fused-ring (bicyclic) bond motifs is 3. The number of Topliss-reactive ketones (excluding diaryl/α,β-unsaturated/α-hetero) is 1. The highest BCUT2D eigenvalue weighted by molar-refractivity contribution is 6.32. The third-order valence-electron chi connectivity index (χ3n) is 8.69. The summed E-state index contributed by atoms with van der Waals surface area (Å²) in [6, 6.07) is 1.74. The predicted octanol–water partition coefficient (Wildman–Crippen LogP) is 3.96. The van der Waals surface area contributed by atoms with Gasteiger partial charge in [-0.1, -0.05) is 29.3 Å². The van der Waals surface area contributed by atoms with Gasteiger partial charge in [0.05, 0.1) is 11.6 Å². The number of aliphatic hydroxyl groups excluding tert-OH is 1. The van der Waals surface area contributed by atoms with Crippen molar-refractivity contribution in [1.29, 1.82) is 0 Å². The van der Waals surface area contributed by atoms with E-state index in [1.165, 1.54) is 0 Å². The molecule has 6 nitrogen and oxygen atoms in total. The van der Waals surface area contributed by atoms with Gasteiger partial charge in [-0.2, -0.15) is 0 Å². The number of likely N-dealkylation sites (N-methyl/N-ethyl adjacent to an activating group) is 1. The van der Waals surface area contributed by atoms with E-state index < -0.39 is 5.91 Å². The van der Waals surface area contributed by atoms with Gasteiger partial charge in [-0.15, -0.1) is 0 Å². The summed E-state index contributed by atoms with van der Waals surface area (Å²) in [5.74, 6) is -0.291. The standard InChI is InChI=1S/C28H34ClN3O3/c1-14-17(13-32-7-5-6-8-32)11-22(29)20-10-16-9-19-18(15(2)23(16)27(34)24(14)20)12-21(28(30)35)26(33)25(19)31(3)4/h5-6,11,16,18-19,25,33H,7-10,12-13H2,1-4H3,(H2,30,35)/t16?,18?,19?,25-/m1/s1. The molecule has 4 aliphatic rings. The van der Waals surface area contributed by atoms with E-state index in [-0.39, 0.29) is 40.9 Å². The van der Waals surface area contributed by atoms with Gasteiger partial charge in [0, 0.05) is 35.8 Å². The topological polar surface area (TPSA) is 86.9 Å². The molecule has 1 aromatic rings. The number of primary amides is 1. The molecule has 3 N–H and O–H groups in total. The smallest absolute Gasteiger partial charge is 0.248 e. The number of ketones is 1. The van der Waals surface area contributed by atoms with E-state index in [1.54, 1.807) is 0 Å². The highest BCUT2D eigenvalue weighted by atomic mass is 35.5. The van der Waals surface area contributed by atoms with Crippen molar-refractivity contribution in [3.05, 3.63) is 68.0 Å². The van der Waals surface area contributed by atoms with Crippen molar-refractivity contribution >= 4 is 23.3 Å². The Morgan fingerprint density at radius 2 is 1.91 bits per heavy atom. The zero-order valence-corrected chi connectivity index (χ0v) is 21.7. The van der Waals surface area contributed by atoms with Crippen molar-refractivity contribution in [3.8, 4) is 0 Å². The predicted molar refractivity (Wildman–Crippen MR) is 137 cm³/mol. The first kappa shape index (κ1) is 24.3. The first-order valence-electron chi connectivity index (χ1n) is 12.4. The number of aliphatic hydroxyl groups is 1. The normalized spacial score (nSPS) is 28.5. The van der Waals surface area contributed by atoms with Crippen LogP contribution in [-0.4, -0.2) is 59.8 Å². The van der Waals surface area contributed by atoms with Crippen molar-refractivity contribution in [1.82, 2.24) is 9.80 Å². The Morgan fingerprint density at radius 1 is 1.23 bits per heavy atom. The molecule has 3 aliphatic carbocycles. The third-order valence-corrected chi connectivity index (χ3v) is 9.03. The fourth-order valence-electron chi connectivity index (χ4n) is 7.02. The SMILES string of the molecule is CC1=C2C(=O)c3c(C)c(CN4CC=CC4)cc(Cl)c3CC2CC2C1CC(C(N)=O)=C(O)[C@@H]2N(C)C.